The average Bonchev–Trinajstić information content (AvgIpc) is 2.11. The van der Waals surface area contributed by atoms with Gasteiger partial charge < -0.3 is 0 Å². The Balaban J connectivity index is 3.39. The average molecular weight is 165 g/mol. The van der Waals surface area contributed by atoms with E-state index in [0.29, 0.717) is 5.56 Å². The molecule has 0 unspecified atom stereocenters. The second-order valence-electron chi connectivity index (χ2n) is 2.45. The molecule has 0 aromatic heterocycles. The third-order valence-corrected chi connectivity index (χ3v) is 1.37. The molecule has 0 aliphatic carbocycles. The Morgan fingerprint density at radius 1 is 1.33 bits per heavy atom. The van der Waals surface area contributed by atoms with Crippen LogP contribution in [0.4, 0.5) is 5.69 Å². The van der Waals surface area contributed by atoms with Gasteiger partial charge >= 0.3 is 0 Å². The van der Waals surface area contributed by atoms with Crippen LogP contribution in [0.5, 0.6) is 0 Å². The smallest absolute Gasteiger partial charge is 0.269 e. The normalized spacial score (nSPS) is 9.42. The Morgan fingerprint density at radius 2 is 2.00 bits per heavy atom. The number of aryl methyl sites for hydroxylation is 1. The lowest BCUT2D eigenvalue weighted by Crippen LogP contribution is -1.89. The summed E-state index contributed by atoms with van der Waals surface area (Å²) in [5.74, 6) is 0. The molecule has 0 fully saturated rings. The summed E-state index contributed by atoms with van der Waals surface area (Å²) in [7, 11) is 0. The van der Waals surface area contributed by atoms with Gasteiger partial charge in [0, 0.05) is 12.1 Å². The largest absolute Gasteiger partial charge is 0.290 e. The summed E-state index contributed by atoms with van der Waals surface area (Å²) in [6.07, 6.45) is 0. The number of rotatable bonds is 1. The van der Waals surface area contributed by atoms with Crippen molar-refractivity contribution >= 4 is 5.69 Å². The lowest BCUT2D eigenvalue weighted by atomic mass is 10.3. The molecule has 1 rings (SSSR count). The molecule has 0 bridgehead atoms. The van der Waals surface area contributed by atoms with Crippen molar-refractivity contribution in [2.45, 2.75) is 6.92 Å². The maximum atomic E-state index is 10.8. The van der Waals surface area contributed by atoms with Crippen LogP contribution in [0.2, 0.25) is 0 Å². The Bertz CT molecular complexity index is 373. The van der Waals surface area contributed by atoms with Gasteiger partial charge in [0.05, 0.1) is 4.92 Å². The van der Waals surface area contributed by atoms with E-state index < -0.39 is 4.92 Å². The van der Waals surface area contributed by atoms with E-state index in [1.54, 1.807) is 6.92 Å². The maximum Gasteiger partial charge on any atom is 0.269 e. The van der Waals surface area contributed by atoms with Crippen LogP contribution < -0.4 is 5.43 Å². The van der Waals surface area contributed by atoms with E-state index in [1.165, 1.54) is 24.3 Å². The van der Waals surface area contributed by atoms with Crippen LogP contribution in [-0.2, 0) is 0 Å². The number of hydrogen-bond acceptors (Lipinski definition) is 3. The predicted molar refractivity (Wildman–Crippen MR) is 44.1 cm³/mol. The third-order valence-electron chi connectivity index (χ3n) is 1.37. The van der Waals surface area contributed by atoms with E-state index in [2.05, 4.69) is 0 Å². The molecule has 4 heteroatoms. The molecule has 1 aromatic carbocycles. The molecule has 0 saturated heterocycles. The third kappa shape index (κ3) is 1.88. The fourth-order valence-electron chi connectivity index (χ4n) is 0.877. The standard InChI is InChI=1S/C8H7NO3/c1-6-4-7(9(11)12)2-3-8(10)5-6/h2-5H,1H3. The molecule has 62 valence electrons. The van der Waals surface area contributed by atoms with Gasteiger partial charge in [-0.15, -0.1) is 0 Å². The molecular formula is C8H7NO3. The van der Waals surface area contributed by atoms with Crippen molar-refractivity contribution in [2.24, 2.45) is 0 Å². The fraction of sp³-hybridized carbons (Fsp3) is 0.125. The lowest BCUT2D eigenvalue weighted by Gasteiger charge is -1.84. The summed E-state index contributed by atoms with van der Waals surface area (Å²) in [5.41, 5.74) is 0.312. The second-order valence-corrected chi connectivity index (χ2v) is 2.45. The van der Waals surface area contributed by atoms with Crippen LogP contribution in [0.1, 0.15) is 5.56 Å². The summed E-state index contributed by atoms with van der Waals surface area (Å²) in [6, 6.07) is 5.11. The highest BCUT2D eigenvalue weighted by Crippen LogP contribution is 2.08. The Hall–Kier alpha value is -1.71. The minimum absolute atomic E-state index is 0.0606. The van der Waals surface area contributed by atoms with Gasteiger partial charge in [-0.25, -0.2) is 0 Å². The molecule has 0 heterocycles. The zero-order valence-electron chi connectivity index (χ0n) is 6.48. The van der Waals surface area contributed by atoms with Crippen LogP contribution in [0.3, 0.4) is 0 Å². The highest BCUT2D eigenvalue weighted by Gasteiger charge is 2.02. The first kappa shape index (κ1) is 8.39. The summed E-state index contributed by atoms with van der Waals surface area (Å²) in [5, 5.41) is 10.3. The Morgan fingerprint density at radius 3 is 2.58 bits per heavy atom. The van der Waals surface area contributed by atoms with Gasteiger partial charge in [0.2, 0.25) is 0 Å². The molecule has 1 aromatic rings. The van der Waals surface area contributed by atoms with E-state index in [1.807, 2.05) is 0 Å². The molecule has 4 nitrogen and oxygen atoms in total. The molecule has 0 saturated carbocycles. The predicted octanol–water partition coefficient (Wildman–Crippen LogP) is 1.26. The van der Waals surface area contributed by atoms with Gasteiger partial charge in [0.15, 0.2) is 5.43 Å². The maximum absolute atomic E-state index is 10.8. The second kappa shape index (κ2) is 3.13. The minimum atomic E-state index is -0.521. The highest BCUT2D eigenvalue weighted by atomic mass is 16.6. The molecule has 0 atom stereocenters. The van der Waals surface area contributed by atoms with Crippen LogP contribution >= 0.6 is 0 Å². The van der Waals surface area contributed by atoms with Crippen molar-refractivity contribution in [1.82, 2.24) is 0 Å². The molecule has 0 radical (unpaired) electrons. The SMILES string of the molecule is Cc1cc([N+](=O)[O-])ccc(=O)c1. The van der Waals surface area contributed by atoms with Crippen molar-refractivity contribution in [3.05, 3.63) is 50.2 Å². The van der Waals surface area contributed by atoms with Crippen molar-refractivity contribution in [2.75, 3.05) is 0 Å². The first-order valence-electron chi connectivity index (χ1n) is 3.36. The van der Waals surface area contributed by atoms with Crippen molar-refractivity contribution in [3.63, 3.8) is 0 Å². The van der Waals surface area contributed by atoms with Crippen molar-refractivity contribution in [1.29, 1.82) is 0 Å². The Kier molecular flexibility index (Phi) is 2.19. The molecule has 0 aliphatic rings. The van der Waals surface area contributed by atoms with Gasteiger partial charge in [0.1, 0.15) is 0 Å². The summed E-state index contributed by atoms with van der Waals surface area (Å²) < 4.78 is 0. The van der Waals surface area contributed by atoms with Gasteiger partial charge in [-0.05, 0) is 24.6 Å². The molecule has 0 aliphatic heterocycles. The van der Waals surface area contributed by atoms with E-state index in [4.69, 9.17) is 0 Å². The topological polar surface area (TPSA) is 60.2 Å². The lowest BCUT2D eigenvalue weighted by molar-refractivity contribution is -0.384. The van der Waals surface area contributed by atoms with Gasteiger partial charge in [0.25, 0.3) is 5.69 Å². The molecule has 12 heavy (non-hydrogen) atoms. The number of nitrogens with zero attached hydrogens (tertiary/aromatic N) is 1. The van der Waals surface area contributed by atoms with Crippen LogP contribution in [0.15, 0.2) is 29.1 Å². The first-order valence-corrected chi connectivity index (χ1v) is 3.36. The van der Waals surface area contributed by atoms with Crippen molar-refractivity contribution in [3.8, 4) is 0 Å². The monoisotopic (exact) mass is 165 g/mol. The molecular weight excluding hydrogens is 158 g/mol. The summed E-state index contributed by atoms with van der Waals surface area (Å²) >= 11 is 0. The number of hydrogen-bond donors (Lipinski definition) is 0. The van der Waals surface area contributed by atoms with Crippen LogP contribution in [0.25, 0.3) is 0 Å². The van der Waals surface area contributed by atoms with Gasteiger partial charge in [-0.1, -0.05) is 0 Å². The zero-order valence-corrected chi connectivity index (χ0v) is 6.48. The first-order chi connectivity index (χ1) is 5.59. The van der Waals surface area contributed by atoms with Crippen LogP contribution in [0, 0.1) is 17.0 Å². The van der Waals surface area contributed by atoms with Gasteiger partial charge in [-0.3, -0.25) is 14.9 Å². The molecule has 0 N–H and O–H groups in total. The fourth-order valence-corrected chi connectivity index (χ4v) is 0.877. The highest BCUT2D eigenvalue weighted by molar-refractivity contribution is 5.31. The van der Waals surface area contributed by atoms with Gasteiger partial charge in [-0.2, -0.15) is 0 Å². The summed E-state index contributed by atoms with van der Waals surface area (Å²) in [4.78, 5) is 20.6. The minimum Gasteiger partial charge on any atom is -0.290 e. The zero-order chi connectivity index (χ0) is 9.14. The van der Waals surface area contributed by atoms with E-state index in [9.17, 15) is 14.9 Å². The van der Waals surface area contributed by atoms with Crippen LogP contribution in [-0.4, -0.2) is 4.92 Å². The van der Waals surface area contributed by atoms with E-state index >= 15 is 0 Å². The Labute approximate surface area is 68.6 Å². The molecule has 0 spiro atoms. The van der Waals surface area contributed by atoms with Crippen molar-refractivity contribution < 1.29 is 4.92 Å². The van der Waals surface area contributed by atoms with E-state index in [0.717, 1.165) is 0 Å². The number of nitro groups is 1. The quantitative estimate of drug-likeness (QED) is 0.465. The van der Waals surface area contributed by atoms with E-state index in [-0.39, 0.29) is 11.1 Å². The summed E-state index contributed by atoms with van der Waals surface area (Å²) in [6.45, 7) is 1.65. The molecule has 0 amide bonds.